The summed E-state index contributed by atoms with van der Waals surface area (Å²) in [6.07, 6.45) is 0. The fourth-order valence-corrected chi connectivity index (χ4v) is 3.53. The molecule has 5 heteroatoms. The molecule has 1 aromatic carbocycles. The fourth-order valence-electron chi connectivity index (χ4n) is 3.07. The molecule has 1 saturated heterocycles. The van der Waals surface area contributed by atoms with Gasteiger partial charge in [0.2, 0.25) is 0 Å². The molecule has 0 amide bonds. The van der Waals surface area contributed by atoms with Gasteiger partial charge < -0.3 is 15.2 Å². The second-order valence-corrected chi connectivity index (χ2v) is 7.46. The molecule has 4 nitrogen and oxygen atoms in total. The lowest BCUT2D eigenvalue weighted by atomic mass is 9.80. The maximum Gasteiger partial charge on any atom is 0.134 e. The number of nitrogens with one attached hydrogen (secondary N) is 1. The number of piperazine rings is 1. The summed E-state index contributed by atoms with van der Waals surface area (Å²) in [5.41, 5.74) is 0.941. The van der Waals surface area contributed by atoms with Crippen LogP contribution in [0.3, 0.4) is 0 Å². The van der Waals surface area contributed by atoms with Crippen LogP contribution in [0.4, 0.5) is 0 Å². The Labute approximate surface area is 135 Å². The second-order valence-electron chi connectivity index (χ2n) is 6.60. The van der Waals surface area contributed by atoms with Gasteiger partial charge in [-0.3, -0.25) is 4.90 Å². The number of aromatic hydroxyl groups is 1. The van der Waals surface area contributed by atoms with Crippen LogP contribution in [0, 0.1) is 5.41 Å². The Morgan fingerprint density at radius 2 is 1.90 bits per heavy atom. The van der Waals surface area contributed by atoms with E-state index in [9.17, 15) is 5.11 Å². The van der Waals surface area contributed by atoms with Gasteiger partial charge in [0.1, 0.15) is 11.5 Å². The van der Waals surface area contributed by atoms with E-state index in [1.807, 2.05) is 6.07 Å². The number of halogens is 1. The molecule has 0 saturated carbocycles. The van der Waals surface area contributed by atoms with Gasteiger partial charge >= 0.3 is 0 Å². The number of benzene rings is 1. The van der Waals surface area contributed by atoms with Crippen LogP contribution in [0.1, 0.15) is 32.4 Å². The third-order valence-electron chi connectivity index (χ3n) is 3.93. The molecule has 0 radical (unpaired) electrons. The highest BCUT2D eigenvalue weighted by molar-refractivity contribution is 9.10. The summed E-state index contributed by atoms with van der Waals surface area (Å²) < 4.78 is 6.05. The zero-order chi connectivity index (χ0) is 15.6. The van der Waals surface area contributed by atoms with E-state index in [0.717, 1.165) is 37.5 Å². The van der Waals surface area contributed by atoms with Crippen molar-refractivity contribution < 1.29 is 9.84 Å². The molecule has 1 aliphatic rings. The molecule has 1 fully saturated rings. The predicted octanol–water partition coefficient (Wildman–Crippen LogP) is 3.16. The molecule has 1 aromatic rings. The van der Waals surface area contributed by atoms with E-state index in [2.05, 4.69) is 46.9 Å². The molecular formula is C16H25BrN2O2. The van der Waals surface area contributed by atoms with Crippen LogP contribution < -0.4 is 10.1 Å². The van der Waals surface area contributed by atoms with Crippen molar-refractivity contribution in [2.75, 3.05) is 33.3 Å². The normalized spacial score (nSPS) is 18.5. The van der Waals surface area contributed by atoms with Gasteiger partial charge in [0.25, 0.3) is 0 Å². The van der Waals surface area contributed by atoms with Crippen LogP contribution in [0.5, 0.6) is 11.5 Å². The van der Waals surface area contributed by atoms with Crippen LogP contribution in [-0.4, -0.2) is 43.3 Å². The first-order valence-corrected chi connectivity index (χ1v) is 8.15. The Bertz CT molecular complexity index is 494. The monoisotopic (exact) mass is 356 g/mol. The number of ether oxygens (including phenoxy) is 1. The third kappa shape index (κ3) is 3.71. The highest BCUT2D eigenvalue weighted by atomic mass is 79.9. The van der Waals surface area contributed by atoms with Crippen LogP contribution in [0.15, 0.2) is 16.6 Å². The minimum Gasteiger partial charge on any atom is -0.506 e. The van der Waals surface area contributed by atoms with E-state index in [-0.39, 0.29) is 11.5 Å². The van der Waals surface area contributed by atoms with Gasteiger partial charge in [0.15, 0.2) is 0 Å². The third-order valence-corrected chi connectivity index (χ3v) is 4.54. The first-order chi connectivity index (χ1) is 9.84. The highest BCUT2D eigenvalue weighted by Crippen LogP contribution is 2.45. The Morgan fingerprint density at radius 1 is 1.29 bits per heavy atom. The van der Waals surface area contributed by atoms with Crippen LogP contribution in [-0.2, 0) is 0 Å². The molecule has 0 unspecified atom stereocenters. The highest BCUT2D eigenvalue weighted by Gasteiger charge is 2.35. The largest absolute Gasteiger partial charge is 0.506 e. The molecular weight excluding hydrogens is 332 g/mol. The molecule has 118 valence electrons. The molecule has 2 N–H and O–H groups in total. The topological polar surface area (TPSA) is 44.7 Å². The lowest BCUT2D eigenvalue weighted by Crippen LogP contribution is -2.48. The van der Waals surface area contributed by atoms with Gasteiger partial charge in [-0.25, -0.2) is 0 Å². The summed E-state index contributed by atoms with van der Waals surface area (Å²) in [6, 6.07) is 3.90. The summed E-state index contributed by atoms with van der Waals surface area (Å²) in [7, 11) is 1.65. The summed E-state index contributed by atoms with van der Waals surface area (Å²) in [5.74, 6) is 1.08. The molecule has 21 heavy (non-hydrogen) atoms. The van der Waals surface area contributed by atoms with Gasteiger partial charge in [0, 0.05) is 37.8 Å². The average molecular weight is 357 g/mol. The lowest BCUT2D eigenvalue weighted by Gasteiger charge is -2.43. The Kier molecular flexibility index (Phi) is 5.17. The number of methoxy groups -OCH3 is 1. The predicted molar refractivity (Wildman–Crippen MR) is 89.0 cm³/mol. The van der Waals surface area contributed by atoms with Gasteiger partial charge in [-0.15, -0.1) is 0 Å². The molecule has 2 rings (SSSR count). The first kappa shape index (κ1) is 16.6. The molecule has 1 atom stereocenters. The molecule has 1 aliphatic heterocycles. The maximum absolute atomic E-state index is 10.5. The molecule has 0 bridgehead atoms. The Morgan fingerprint density at radius 3 is 2.43 bits per heavy atom. The zero-order valence-corrected chi connectivity index (χ0v) is 14.8. The first-order valence-electron chi connectivity index (χ1n) is 7.35. The second kappa shape index (κ2) is 6.55. The molecule has 0 spiro atoms. The quantitative estimate of drug-likeness (QED) is 0.872. The van der Waals surface area contributed by atoms with Crippen molar-refractivity contribution in [1.82, 2.24) is 10.2 Å². The number of phenols is 1. The molecule has 0 aliphatic carbocycles. The lowest BCUT2D eigenvalue weighted by molar-refractivity contribution is 0.0840. The van der Waals surface area contributed by atoms with Crippen molar-refractivity contribution in [1.29, 1.82) is 0 Å². The van der Waals surface area contributed by atoms with Crippen molar-refractivity contribution in [3.05, 3.63) is 22.2 Å². The number of hydrogen-bond donors (Lipinski definition) is 2. The fraction of sp³-hybridized carbons (Fsp3) is 0.625. The summed E-state index contributed by atoms with van der Waals surface area (Å²) in [6.45, 7) is 10.6. The van der Waals surface area contributed by atoms with Gasteiger partial charge in [0.05, 0.1) is 11.6 Å². The number of phenolic OH excluding ortho intramolecular Hbond substituents is 1. The van der Waals surface area contributed by atoms with E-state index < -0.39 is 0 Å². The van der Waals surface area contributed by atoms with Crippen molar-refractivity contribution in [3.8, 4) is 11.5 Å². The maximum atomic E-state index is 10.5. The van der Waals surface area contributed by atoms with Crippen molar-refractivity contribution >= 4 is 15.9 Å². The van der Waals surface area contributed by atoms with E-state index in [0.29, 0.717) is 10.2 Å². The van der Waals surface area contributed by atoms with E-state index in [1.165, 1.54) is 0 Å². The minimum atomic E-state index is 0.0145. The summed E-state index contributed by atoms with van der Waals surface area (Å²) >= 11 is 3.44. The zero-order valence-electron chi connectivity index (χ0n) is 13.2. The van der Waals surface area contributed by atoms with Gasteiger partial charge in [-0.2, -0.15) is 0 Å². The smallest absolute Gasteiger partial charge is 0.134 e. The van der Waals surface area contributed by atoms with Gasteiger partial charge in [-0.1, -0.05) is 20.8 Å². The van der Waals surface area contributed by atoms with Crippen LogP contribution in [0.2, 0.25) is 0 Å². The van der Waals surface area contributed by atoms with Crippen molar-refractivity contribution in [2.45, 2.75) is 26.8 Å². The van der Waals surface area contributed by atoms with E-state index in [4.69, 9.17) is 4.74 Å². The summed E-state index contributed by atoms with van der Waals surface area (Å²) in [5, 5.41) is 13.9. The molecule has 1 heterocycles. The average Bonchev–Trinajstić information content (AvgIpc) is 2.43. The SMILES string of the molecule is COc1cc(Br)c(O)c([C@H](N2CCNCC2)C(C)(C)C)c1. The Balaban J connectivity index is 2.48. The number of nitrogens with zero attached hydrogens (tertiary/aromatic N) is 1. The van der Waals surface area contributed by atoms with E-state index in [1.54, 1.807) is 13.2 Å². The van der Waals surface area contributed by atoms with Crippen LogP contribution in [0.25, 0.3) is 0 Å². The van der Waals surface area contributed by atoms with Gasteiger partial charge in [-0.05, 0) is 33.5 Å². The number of hydrogen-bond acceptors (Lipinski definition) is 4. The van der Waals surface area contributed by atoms with E-state index >= 15 is 0 Å². The standard InChI is InChI=1S/C16H25BrN2O2/c1-16(2,3)15(19-7-5-18-6-8-19)12-9-11(21-4)10-13(17)14(12)20/h9-10,15,18,20H,5-8H2,1-4H3/t15-/m0/s1. The van der Waals surface area contributed by atoms with Crippen molar-refractivity contribution in [3.63, 3.8) is 0 Å². The number of rotatable bonds is 3. The minimum absolute atomic E-state index is 0.0145. The van der Waals surface area contributed by atoms with Crippen LogP contribution >= 0.6 is 15.9 Å². The molecule has 0 aromatic heterocycles. The Hall–Kier alpha value is -0.780. The summed E-state index contributed by atoms with van der Waals surface area (Å²) in [4.78, 5) is 2.44. The van der Waals surface area contributed by atoms with Crippen molar-refractivity contribution in [2.24, 2.45) is 5.41 Å².